The van der Waals surface area contributed by atoms with Crippen molar-refractivity contribution in [3.8, 4) is 0 Å². The van der Waals surface area contributed by atoms with Crippen molar-refractivity contribution in [1.82, 2.24) is 0 Å². The fourth-order valence-corrected chi connectivity index (χ4v) is 2.71. The predicted octanol–water partition coefficient (Wildman–Crippen LogP) is 3.81. The molecule has 0 aliphatic rings. The van der Waals surface area contributed by atoms with E-state index in [1.54, 1.807) is 0 Å². The SMILES string of the molecule is CCC(C)(C)O[Si](C)(C)C(C)C. The molecule has 0 amide bonds. The molecule has 0 saturated heterocycles. The van der Waals surface area contributed by atoms with Gasteiger partial charge in [0.15, 0.2) is 8.32 Å². The number of hydrogen-bond acceptors (Lipinski definition) is 1. The van der Waals surface area contributed by atoms with Gasteiger partial charge in [-0.25, -0.2) is 0 Å². The standard InChI is InChI=1S/C10H24OSi/c1-8-10(4,5)11-12(6,7)9(2)3/h9H,8H2,1-7H3. The van der Waals surface area contributed by atoms with E-state index in [4.69, 9.17) is 4.43 Å². The highest BCUT2D eigenvalue weighted by molar-refractivity contribution is 6.72. The van der Waals surface area contributed by atoms with Gasteiger partial charge in [0.1, 0.15) is 0 Å². The first kappa shape index (κ1) is 12.2. The van der Waals surface area contributed by atoms with Crippen LogP contribution in [-0.2, 0) is 4.43 Å². The molecule has 74 valence electrons. The van der Waals surface area contributed by atoms with Gasteiger partial charge in [0.25, 0.3) is 0 Å². The van der Waals surface area contributed by atoms with Crippen molar-refractivity contribution >= 4 is 8.32 Å². The van der Waals surface area contributed by atoms with Gasteiger partial charge in [0.2, 0.25) is 0 Å². The lowest BCUT2D eigenvalue weighted by atomic mass is 10.1. The normalized spacial score (nSPS) is 14.0. The lowest BCUT2D eigenvalue weighted by Gasteiger charge is -2.36. The molecule has 0 aromatic rings. The average molecular weight is 188 g/mol. The van der Waals surface area contributed by atoms with Crippen LogP contribution in [0, 0.1) is 0 Å². The Balaban J connectivity index is 4.23. The van der Waals surface area contributed by atoms with Gasteiger partial charge < -0.3 is 4.43 Å². The summed E-state index contributed by atoms with van der Waals surface area (Å²) in [6, 6.07) is 0. The van der Waals surface area contributed by atoms with Crippen LogP contribution < -0.4 is 0 Å². The summed E-state index contributed by atoms with van der Waals surface area (Å²) in [5.74, 6) is 0. The van der Waals surface area contributed by atoms with Crippen LogP contribution in [0.1, 0.15) is 41.0 Å². The average Bonchev–Trinajstić information content (AvgIpc) is 1.85. The van der Waals surface area contributed by atoms with Crippen molar-refractivity contribution in [2.75, 3.05) is 0 Å². The Morgan fingerprint density at radius 2 is 1.67 bits per heavy atom. The molecule has 0 heterocycles. The van der Waals surface area contributed by atoms with Gasteiger partial charge in [-0.3, -0.25) is 0 Å². The van der Waals surface area contributed by atoms with Crippen molar-refractivity contribution in [2.24, 2.45) is 0 Å². The van der Waals surface area contributed by atoms with Gasteiger partial charge in [-0.15, -0.1) is 0 Å². The third-order valence-corrected chi connectivity index (χ3v) is 6.64. The zero-order valence-corrected chi connectivity index (χ0v) is 10.7. The molecule has 0 atom stereocenters. The summed E-state index contributed by atoms with van der Waals surface area (Å²) in [4.78, 5) is 0. The molecular formula is C10H24OSi. The Hall–Kier alpha value is 0.177. The van der Waals surface area contributed by atoms with Crippen LogP contribution in [0.4, 0.5) is 0 Å². The van der Waals surface area contributed by atoms with Gasteiger partial charge in [0, 0.05) is 0 Å². The van der Waals surface area contributed by atoms with Crippen LogP contribution in [0.25, 0.3) is 0 Å². The minimum atomic E-state index is -1.44. The van der Waals surface area contributed by atoms with E-state index in [1.807, 2.05) is 0 Å². The molecule has 0 unspecified atom stereocenters. The minimum absolute atomic E-state index is 0.0694. The Bertz CT molecular complexity index is 139. The van der Waals surface area contributed by atoms with Gasteiger partial charge >= 0.3 is 0 Å². The summed E-state index contributed by atoms with van der Waals surface area (Å²) in [5, 5.41) is 0. The van der Waals surface area contributed by atoms with E-state index in [0.717, 1.165) is 6.42 Å². The summed E-state index contributed by atoms with van der Waals surface area (Å²) in [6.45, 7) is 15.7. The molecule has 0 aromatic heterocycles. The zero-order valence-electron chi connectivity index (χ0n) is 9.69. The van der Waals surface area contributed by atoms with E-state index in [0.29, 0.717) is 5.54 Å². The maximum absolute atomic E-state index is 6.17. The minimum Gasteiger partial charge on any atom is -0.412 e. The van der Waals surface area contributed by atoms with E-state index >= 15 is 0 Å². The second kappa shape index (κ2) is 3.92. The van der Waals surface area contributed by atoms with Gasteiger partial charge in [-0.1, -0.05) is 20.8 Å². The van der Waals surface area contributed by atoms with Crippen molar-refractivity contribution in [3.05, 3.63) is 0 Å². The third-order valence-electron chi connectivity index (χ3n) is 2.78. The summed E-state index contributed by atoms with van der Waals surface area (Å²) in [6.07, 6.45) is 1.09. The highest BCUT2D eigenvalue weighted by Crippen LogP contribution is 2.28. The molecular weight excluding hydrogens is 164 g/mol. The largest absolute Gasteiger partial charge is 0.412 e. The van der Waals surface area contributed by atoms with Crippen LogP contribution in [0.15, 0.2) is 0 Å². The fraction of sp³-hybridized carbons (Fsp3) is 1.00. The molecule has 0 aliphatic carbocycles. The molecule has 0 saturated carbocycles. The second-order valence-electron chi connectivity index (χ2n) is 4.97. The molecule has 0 aromatic carbocycles. The fourth-order valence-electron chi connectivity index (χ4n) is 0.902. The Morgan fingerprint density at radius 3 is 1.92 bits per heavy atom. The molecule has 0 bridgehead atoms. The highest BCUT2D eigenvalue weighted by atomic mass is 28.4. The first-order valence-electron chi connectivity index (χ1n) is 4.91. The highest BCUT2D eigenvalue weighted by Gasteiger charge is 2.32. The smallest absolute Gasteiger partial charge is 0.189 e. The van der Waals surface area contributed by atoms with E-state index in [-0.39, 0.29) is 5.60 Å². The quantitative estimate of drug-likeness (QED) is 0.610. The van der Waals surface area contributed by atoms with Crippen molar-refractivity contribution in [2.45, 2.75) is 65.3 Å². The van der Waals surface area contributed by atoms with Crippen molar-refractivity contribution in [1.29, 1.82) is 0 Å². The molecule has 0 rings (SSSR count). The lowest BCUT2D eigenvalue weighted by Crippen LogP contribution is -2.42. The topological polar surface area (TPSA) is 9.23 Å². The summed E-state index contributed by atoms with van der Waals surface area (Å²) in [7, 11) is -1.44. The Kier molecular flexibility index (Phi) is 3.98. The molecule has 0 N–H and O–H groups in total. The third kappa shape index (κ3) is 3.72. The lowest BCUT2D eigenvalue weighted by molar-refractivity contribution is 0.0923. The maximum Gasteiger partial charge on any atom is 0.189 e. The van der Waals surface area contributed by atoms with E-state index in [1.165, 1.54) is 0 Å². The molecule has 2 heteroatoms. The first-order valence-corrected chi connectivity index (χ1v) is 7.90. The first-order chi connectivity index (χ1) is 5.21. The number of hydrogen-bond donors (Lipinski definition) is 0. The van der Waals surface area contributed by atoms with Gasteiger partial charge in [-0.2, -0.15) is 0 Å². The second-order valence-corrected chi connectivity index (χ2v) is 9.54. The Labute approximate surface area is 78.6 Å². The summed E-state index contributed by atoms with van der Waals surface area (Å²) in [5.41, 5.74) is 0.767. The monoisotopic (exact) mass is 188 g/mol. The van der Waals surface area contributed by atoms with E-state index in [2.05, 4.69) is 47.7 Å². The molecule has 0 spiro atoms. The van der Waals surface area contributed by atoms with Crippen molar-refractivity contribution in [3.63, 3.8) is 0 Å². The zero-order chi connectivity index (χ0) is 9.99. The van der Waals surface area contributed by atoms with Crippen LogP contribution in [-0.4, -0.2) is 13.9 Å². The summed E-state index contributed by atoms with van der Waals surface area (Å²) >= 11 is 0. The van der Waals surface area contributed by atoms with Gasteiger partial charge in [0.05, 0.1) is 5.60 Å². The molecule has 0 fully saturated rings. The van der Waals surface area contributed by atoms with Crippen LogP contribution in [0.3, 0.4) is 0 Å². The van der Waals surface area contributed by atoms with Crippen molar-refractivity contribution < 1.29 is 4.43 Å². The maximum atomic E-state index is 6.17. The Morgan fingerprint density at radius 1 is 1.25 bits per heavy atom. The molecule has 0 aliphatic heterocycles. The molecule has 12 heavy (non-hydrogen) atoms. The molecule has 0 radical (unpaired) electrons. The van der Waals surface area contributed by atoms with Gasteiger partial charge in [-0.05, 0) is 38.9 Å². The van der Waals surface area contributed by atoms with Crippen LogP contribution >= 0.6 is 0 Å². The van der Waals surface area contributed by atoms with Crippen LogP contribution in [0.2, 0.25) is 18.6 Å². The predicted molar refractivity (Wildman–Crippen MR) is 58.0 cm³/mol. The number of rotatable bonds is 4. The van der Waals surface area contributed by atoms with Crippen LogP contribution in [0.5, 0.6) is 0 Å². The summed E-state index contributed by atoms with van der Waals surface area (Å²) < 4.78 is 6.17. The van der Waals surface area contributed by atoms with E-state index in [9.17, 15) is 0 Å². The molecule has 1 nitrogen and oxygen atoms in total. The van der Waals surface area contributed by atoms with E-state index < -0.39 is 8.32 Å².